The molecule has 1 unspecified atom stereocenters. The molecule has 1 atom stereocenters. The Hall–Kier alpha value is -2.33. The van der Waals surface area contributed by atoms with E-state index in [0.717, 1.165) is 28.1 Å². The van der Waals surface area contributed by atoms with Crippen molar-refractivity contribution < 1.29 is 9.59 Å². The second-order valence-corrected chi connectivity index (χ2v) is 7.01. The summed E-state index contributed by atoms with van der Waals surface area (Å²) in [6.07, 6.45) is 0.211. The molecule has 1 fully saturated rings. The van der Waals surface area contributed by atoms with Gasteiger partial charge in [-0.3, -0.25) is 9.59 Å². The molecule has 0 aromatic heterocycles. The third-order valence-corrected chi connectivity index (χ3v) is 5.06. The number of nitrogens with zero attached hydrogens (tertiary/aromatic N) is 1. The summed E-state index contributed by atoms with van der Waals surface area (Å²) in [4.78, 5) is 26.7. The number of amides is 2. The first kappa shape index (κ1) is 17.5. The van der Waals surface area contributed by atoms with Gasteiger partial charge >= 0.3 is 0 Å². The van der Waals surface area contributed by atoms with Crippen LogP contribution in [0.5, 0.6) is 0 Å². The van der Waals surface area contributed by atoms with E-state index in [4.69, 9.17) is 11.6 Å². The quantitative estimate of drug-likeness (QED) is 0.893. The van der Waals surface area contributed by atoms with Gasteiger partial charge in [-0.2, -0.15) is 0 Å². The molecule has 4 nitrogen and oxygen atoms in total. The molecular weight excluding hydrogens is 336 g/mol. The topological polar surface area (TPSA) is 49.4 Å². The average Bonchev–Trinajstić information content (AvgIpc) is 2.96. The maximum Gasteiger partial charge on any atom is 0.229 e. The van der Waals surface area contributed by atoms with Crippen LogP contribution in [0.25, 0.3) is 0 Å². The van der Waals surface area contributed by atoms with Crippen LogP contribution in [-0.4, -0.2) is 18.4 Å². The Labute approximate surface area is 152 Å². The number of hydrogen-bond acceptors (Lipinski definition) is 2. The van der Waals surface area contributed by atoms with E-state index in [-0.39, 0.29) is 24.2 Å². The summed E-state index contributed by atoms with van der Waals surface area (Å²) in [5.74, 6) is -0.540. The van der Waals surface area contributed by atoms with Crippen LogP contribution in [0, 0.1) is 26.7 Å². The Morgan fingerprint density at radius 2 is 1.92 bits per heavy atom. The van der Waals surface area contributed by atoms with Crippen LogP contribution in [0.1, 0.15) is 23.1 Å². The highest BCUT2D eigenvalue weighted by Crippen LogP contribution is 2.31. The van der Waals surface area contributed by atoms with E-state index >= 15 is 0 Å². The fourth-order valence-corrected chi connectivity index (χ4v) is 3.28. The van der Waals surface area contributed by atoms with Crippen LogP contribution in [0.2, 0.25) is 5.02 Å². The van der Waals surface area contributed by atoms with Gasteiger partial charge in [-0.05, 0) is 55.7 Å². The van der Waals surface area contributed by atoms with E-state index in [2.05, 4.69) is 5.32 Å². The average molecular weight is 357 g/mol. The Bertz CT molecular complexity index is 848. The molecule has 130 valence electrons. The van der Waals surface area contributed by atoms with E-state index in [1.165, 1.54) is 0 Å². The van der Waals surface area contributed by atoms with Gasteiger partial charge in [0.15, 0.2) is 0 Å². The van der Waals surface area contributed by atoms with Crippen LogP contribution in [0.4, 0.5) is 11.4 Å². The maximum atomic E-state index is 12.6. The van der Waals surface area contributed by atoms with Crippen molar-refractivity contribution in [2.24, 2.45) is 5.92 Å². The van der Waals surface area contributed by atoms with Gasteiger partial charge in [0.2, 0.25) is 11.8 Å². The summed E-state index contributed by atoms with van der Waals surface area (Å²) in [5, 5.41) is 3.55. The molecule has 1 heterocycles. The third kappa shape index (κ3) is 3.54. The van der Waals surface area contributed by atoms with Crippen LogP contribution in [0.3, 0.4) is 0 Å². The largest absolute Gasteiger partial charge is 0.326 e. The molecule has 2 aromatic rings. The Morgan fingerprint density at radius 1 is 1.16 bits per heavy atom. The SMILES string of the molecule is Cc1ccc(Cl)cc1N1CC(C(=O)Nc2cccc(C)c2C)CC1=O. The molecule has 0 aliphatic carbocycles. The standard InChI is InChI=1S/C20H21ClN2O2/c1-12-5-4-6-17(14(12)3)22-20(25)15-9-19(24)23(11-15)18-10-16(21)8-7-13(18)2/h4-8,10,15H,9,11H2,1-3H3,(H,22,25). The number of carbonyl (C=O) groups excluding carboxylic acids is 2. The van der Waals surface area contributed by atoms with E-state index < -0.39 is 0 Å². The minimum Gasteiger partial charge on any atom is -0.326 e. The van der Waals surface area contributed by atoms with Gasteiger partial charge in [0.1, 0.15) is 0 Å². The molecule has 0 saturated carbocycles. The molecule has 1 saturated heterocycles. The van der Waals surface area contributed by atoms with E-state index in [9.17, 15) is 9.59 Å². The summed E-state index contributed by atoms with van der Waals surface area (Å²) >= 11 is 6.06. The molecule has 3 rings (SSSR count). The van der Waals surface area contributed by atoms with Crippen molar-refractivity contribution in [1.29, 1.82) is 0 Å². The molecule has 2 amide bonds. The number of aryl methyl sites for hydroxylation is 2. The molecule has 5 heteroatoms. The normalized spacial score (nSPS) is 17.0. The molecule has 0 bridgehead atoms. The molecule has 1 aliphatic heterocycles. The van der Waals surface area contributed by atoms with Crippen molar-refractivity contribution in [3.05, 3.63) is 58.1 Å². The molecule has 2 aromatic carbocycles. The predicted octanol–water partition coefficient (Wildman–Crippen LogP) is 4.26. The number of carbonyl (C=O) groups is 2. The minimum atomic E-state index is -0.370. The monoisotopic (exact) mass is 356 g/mol. The lowest BCUT2D eigenvalue weighted by Gasteiger charge is -2.19. The van der Waals surface area contributed by atoms with Crippen LogP contribution < -0.4 is 10.2 Å². The lowest BCUT2D eigenvalue weighted by atomic mass is 10.1. The predicted molar refractivity (Wildman–Crippen MR) is 101 cm³/mol. The lowest BCUT2D eigenvalue weighted by molar-refractivity contribution is -0.122. The van der Waals surface area contributed by atoms with Gasteiger partial charge in [-0.1, -0.05) is 29.8 Å². The van der Waals surface area contributed by atoms with Crippen LogP contribution >= 0.6 is 11.6 Å². The van der Waals surface area contributed by atoms with Gasteiger partial charge in [-0.25, -0.2) is 0 Å². The molecule has 25 heavy (non-hydrogen) atoms. The Morgan fingerprint density at radius 3 is 2.68 bits per heavy atom. The molecule has 1 N–H and O–H groups in total. The maximum absolute atomic E-state index is 12.6. The van der Waals surface area contributed by atoms with Crippen molar-refractivity contribution in [2.75, 3.05) is 16.8 Å². The number of nitrogens with one attached hydrogen (secondary N) is 1. The zero-order valence-corrected chi connectivity index (χ0v) is 15.4. The van der Waals surface area contributed by atoms with E-state index in [1.807, 2.05) is 45.0 Å². The molecule has 1 aliphatic rings. The number of halogens is 1. The van der Waals surface area contributed by atoms with Crippen molar-refractivity contribution in [2.45, 2.75) is 27.2 Å². The lowest BCUT2D eigenvalue weighted by Crippen LogP contribution is -2.28. The van der Waals surface area contributed by atoms with Gasteiger partial charge < -0.3 is 10.2 Å². The van der Waals surface area contributed by atoms with Crippen molar-refractivity contribution in [1.82, 2.24) is 0 Å². The fraction of sp³-hybridized carbons (Fsp3) is 0.300. The number of benzene rings is 2. The van der Waals surface area contributed by atoms with Gasteiger partial charge in [0.25, 0.3) is 0 Å². The Kier molecular flexibility index (Phi) is 4.82. The number of hydrogen-bond donors (Lipinski definition) is 1. The zero-order chi connectivity index (χ0) is 18.1. The highest BCUT2D eigenvalue weighted by atomic mass is 35.5. The van der Waals surface area contributed by atoms with Crippen molar-refractivity contribution >= 4 is 34.8 Å². The van der Waals surface area contributed by atoms with Gasteiger partial charge in [-0.15, -0.1) is 0 Å². The summed E-state index contributed by atoms with van der Waals surface area (Å²) in [5.41, 5.74) is 4.71. The van der Waals surface area contributed by atoms with Crippen molar-refractivity contribution in [3.8, 4) is 0 Å². The molecule has 0 radical (unpaired) electrons. The summed E-state index contributed by atoms with van der Waals surface area (Å²) < 4.78 is 0. The first-order chi connectivity index (χ1) is 11.9. The minimum absolute atomic E-state index is 0.0496. The first-order valence-electron chi connectivity index (χ1n) is 8.30. The van der Waals surface area contributed by atoms with Crippen LogP contribution in [-0.2, 0) is 9.59 Å². The van der Waals surface area contributed by atoms with Crippen molar-refractivity contribution in [3.63, 3.8) is 0 Å². The Balaban J connectivity index is 1.77. The van der Waals surface area contributed by atoms with Gasteiger partial charge in [0, 0.05) is 29.4 Å². The first-order valence-corrected chi connectivity index (χ1v) is 8.68. The molecule has 0 spiro atoms. The smallest absolute Gasteiger partial charge is 0.229 e. The van der Waals surface area contributed by atoms with E-state index in [1.54, 1.807) is 17.0 Å². The summed E-state index contributed by atoms with van der Waals surface area (Å²) in [7, 11) is 0. The second-order valence-electron chi connectivity index (χ2n) is 6.57. The van der Waals surface area contributed by atoms with E-state index in [0.29, 0.717) is 11.6 Å². The van der Waals surface area contributed by atoms with Gasteiger partial charge in [0.05, 0.1) is 5.92 Å². The fourth-order valence-electron chi connectivity index (χ4n) is 3.11. The zero-order valence-electron chi connectivity index (χ0n) is 14.6. The number of rotatable bonds is 3. The second kappa shape index (κ2) is 6.89. The highest BCUT2D eigenvalue weighted by Gasteiger charge is 2.35. The highest BCUT2D eigenvalue weighted by molar-refractivity contribution is 6.31. The van der Waals surface area contributed by atoms with Crippen LogP contribution in [0.15, 0.2) is 36.4 Å². The number of anilines is 2. The third-order valence-electron chi connectivity index (χ3n) is 4.82. The summed E-state index contributed by atoms with van der Waals surface area (Å²) in [6, 6.07) is 11.3. The summed E-state index contributed by atoms with van der Waals surface area (Å²) in [6.45, 7) is 6.29. The molecular formula is C20H21ClN2O2.